The van der Waals surface area contributed by atoms with Gasteiger partial charge in [0.2, 0.25) is 11.8 Å². The van der Waals surface area contributed by atoms with E-state index in [1.165, 1.54) is 23.5 Å². The molecule has 2 N–H and O–H groups in total. The third kappa shape index (κ3) is 5.13. The number of carboxylic acids is 1. The Kier molecular flexibility index (Phi) is 7.77. The predicted octanol–water partition coefficient (Wildman–Crippen LogP) is 4.03. The molecule has 0 aromatic heterocycles. The Morgan fingerprint density at radius 2 is 1.82 bits per heavy atom. The number of benzene rings is 2. The highest BCUT2D eigenvalue weighted by atomic mass is 79.9. The van der Waals surface area contributed by atoms with E-state index >= 15 is 0 Å². The number of nitrogens with one attached hydrogen (secondary N) is 1. The Hall–Kier alpha value is -1.49. The maximum atomic E-state index is 12.8. The number of halogens is 2. The molecule has 6 nitrogen and oxygen atoms in total. The fourth-order valence-electron chi connectivity index (χ4n) is 3.87. The van der Waals surface area contributed by atoms with Gasteiger partial charge >= 0.3 is 5.97 Å². The first-order chi connectivity index (χ1) is 15.9. The minimum absolute atomic E-state index is 0.112. The summed E-state index contributed by atoms with van der Waals surface area (Å²) in [4.78, 5) is 40.2. The Morgan fingerprint density at radius 3 is 2.48 bits per heavy atom. The number of thioether (sulfide) groups is 2. The highest BCUT2D eigenvalue weighted by Crippen LogP contribution is 2.47. The first-order valence-corrected chi connectivity index (χ1v) is 14.4. The Balaban J connectivity index is 1.40. The number of carbonyl (C=O) groups is 3. The maximum Gasteiger partial charge on any atom is 0.322 e. The average molecular weight is 614 g/mol. The molecule has 33 heavy (non-hydrogen) atoms. The summed E-state index contributed by atoms with van der Waals surface area (Å²) in [6.07, 6.45) is 0.196. The summed E-state index contributed by atoms with van der Waals surface area (Å²) in [6.45, 7) is 0.112. The van der Waals surface area contributed by atoms with Crippen LogP contribution in [-0.4, -0.2) is 56.3 Å². The molecule has 2 aromatic carbocycles. The van der Waals surface area contributed by atoms with Crippen LogP contribution in [0.25, 0.3) is 0 Å². The monoisotopic (exact) mass is 612 g/mol. The highest BCUT2D eigenvalue weighted by molar-refractivity contribution is 9.08. The standard InChI is InChI=1S/C23H22Br2N2O4S2/c24-10-15-7-5-14(6-8-15)9-18(28)26-19-20(29)27-12-23(22(30)31,13-32-21(19)27)33-17-4-2-1-3-16(17)11-25/h1-8,19,21H,9-13H2,(H,26,28)(H,30,31)/t19-,21-,23?/m1/s1. The smallest absolute Gasteiger partial charge is 0.322 e. The van der Waals surface area contributed by atoms with Gasteiger partial charge in [-0.05, 0) is 22.8 Å². The van der Waals surface area contributed by atoms with Crippen LogP contribution < -0.4 is 5.32 Å². The molecule has 10 heteroatoms. The maximum absolute atomic E-state index is 12.8. The number of hydrogen-bond acceptors (Lipinski definition) is 5. The summed E-state index contributed by atoms with van der Waals surface area (Å²) in [5.41, 5.74) is 3.02. The molecule has 2 aliphatic heterocycles. The minimum atomic E-state index is -1.14. The molecular formula is C23H22Br2N2O4S2. The summed E-state index contributed by atoms with van der Waals surface area (Å²) in [5, 5.41) is 14.1. The van der Waals surface area contributed by atoms with E-state index in [9.17, 15) is 19.5 Å². The van der Waals surface area contributed by atoms with Crippen LogP contribution >= 0.6 is 55.4 Å². The van der Waals surface area contributed by atoms with E-state index in [0.717, 1.165) is 26.9 Å². The van der Waals surface area contributed by atoms with Gasteiger partial charge in [-0.1, -0.05) is 74.3 Å². The van der Waals surface area contributed by atoms with Crippen LogP contribution in [0.3, 0.4) is 0 Å². The molecule has 3 atom stereocenters. The van der Waals surface area contributed by atoms with Crippen LogP contribution in [-0.2, 0) is 31.5 Å². The number of alkyl halides is 2. The predicted molar refractivity (Wildman–Crippen MR) is 138 cm³/mol. The molecule has 174 valence electrons. The largest absolute Gasteiger partial charge is 0.480 e. The van der Waals surface area contributed by atoms with Crippen molar-refractivity contribution in [2.45, 2.75) is 38.1 Å². The van der Waals surface area contributed by atoms with Gasteiger partial charge in [0, 0.05) is 27.9 Å². The Labute approximate surface area is 217 Å². The average Bonchev–Trinajstić information content (AvgIpc) is 2.83. The molecule has 2 heterocycles. The van der Waals surface area contributed by atoms with Gasteiger partial charge in [0.1, 0.15) is 16.2 Å². The van der Waals surface area contributed by atoms with Gasteiger partial charge < -0.3 is 15.3 Å². The molecule has 2 amide bonds. The molecule has 0 saturated carbocycles. The highest BCUT2D eigenvalue weighted by Gasteiger charge is 2.58. The number of amides is 2. The normalized spacial score (nSPS) is 24.1. The van der Waals surface area contributed by atoms with Gasteiger partial charge in [-0.2, -0.15) is 0 Å². The molecular weight excluding hydrogens is 592 g/mol. The van der Waals surface area contributed by atoms with Crippen molar-refractivity contribution in [1.29, 1.82) is 0 Å². The van der Waals surface area contributed by atoms with Gasteiger partial charge in [-0.15, -0.1) is 23.5 Å². The first kappa shape index (κ1) is 24.6. The third-order valence-corrected chi connectivity index (χ3v) is 10.1. The van der Waals surface area contributed by atoms with E-state index in [4.69, 9.17) is 0 Å². The molecule has 2 fully saturated rings. The van der Waals surface area contributed by atoms with E-state index in [1.54, 1.807) is 4.90 Å². The summed E-state index contributed by atoms with van der Waals surface area (Å²) in [7, 11) is 0. The van der Waals surface area contributed by atoms with Crippen molar-refractivity contribution < 1.29 is 19.5 Å². The zero-order chi connectivity index (χ0) is 23.6. The van der Waals surface area contributed by atoms with E-state index in [-0.39, 0.29) is 30.2 Å². The van der Waals surface area contributed by atoms with E-state index in [2.05, 4.69) is 37.2 Å². The fraction of sp³-hybridized carbons (Fsp3) is 0.348. The number of aliphatic carboxylic acids is 1. The van der Waals surface area contributed by atoms with Crippen molar-refractivity contribution in [1.82, 2.24) is 10.2 Å². The quantitative estimate of drug-likeness (QED) is 0.345. The van der Waals surface area contributed by atoms with Crippen LogP contribution in [0.1, 0.15) is 16.7 Å². The molecule has 0 bridgehead atoms. The second-order valence-corrected chi connectivity index (χ2v) is 11.6. The van der Waals surface area contributed by atoms with Crippen LogP contribution in [0.4, 0.5) is 0 Å². The summed E-state index contributed by atoms with van der Waals surface area (Å²) in [5.74, 6) is -1.03. The molecule has 2 aliphatic rings. The molecule has 4 rings (SSSR count). The first-order valence-electron chi connectivity index (χ1n) is 10.3. The van der Waals surface area contributed by atoms with Crippen LogP contribution in [0.5, 0.6) is 0 Å². The number of hydrogen-bond donors (Lipinski definition) is 2. The lowest BCUT2D eigenvalue weighted by Crippen LogP contribution is -2.74. The molecule has 1 unspecified atom stereocenters. The van der Waals surface area contributed by atoms with E-state index in [1.807, 2.05) is 48.5 Å². The summed E-state index contributed by atoms with van der Waals surface area (Å²) < 4.78 is -1.14. The molecule has 2 saturated heterocycles. The number of fused-ring (bicyclic) bond motifs is 1. The zero-order valence-electron chi connectivity index (χ0n) is 17.5. The Morgan fingerprint density at radius 1 is 1.12 bits per heavy atom. The van der Waals surface area contributed by atoms with Crippen molar-refractivity contribution in [3.63, 3.8) is 0 Å². The van der Waals surface area contributed by atoms with Gasteiger partial charge in [0.15, 0.2) is 0 Å². The van der Waals surface area contributed by atoms with Gasteiger partial charge in [-0.25, -0.2) is 0 Å². The van der Waals surface area contributed by atoms with Gasteiger partial charge in [0.05, 0.1) is 6.42 Å². The number of β-lactam (4-membered cyclic amide) rings is 1. The lowest BCUT2D eigenvalue weighted by Gasteiger charge is -2.53. The van der Waals surface area contributed by atoms with Crippen molar-refractivity contribution in [2.75, 3.05) is 12.3 Å². The van der Waals surface area contributed by atoms with Crippen LogP contribution in [0.15, 0.2) is 53.4 Å². The molecule has 0 radical (unpaired) electrons. The lowest BCUT2D eigenvalue weighted by molar-refractivity contribution is -0.152. The molecule has 0 aliphatic carbocycles. The molecule has 2 aromatic rings. The van der Waals surface area contributed by atoms with Crippen molar-refractivity contribution in [3.8, 4) is 0 Å². The van der Waals surface area contributed by atoms with Crippen molar-refractivity contribution in [2.24, 2.45) is 0 Å². The zero-order valence-corrected chi connectivity index (χ0v) is 22.3. The van der Waals surface area contributed by atoms with Gasteiger partial charge in [0.25, 0.3) is 0 Å². The van der Waals surface area contributed by atoms with E-state index in [0.29, 0.717) is 11.1 Å². The van der Waals surface area contributed by atoms with Crippen molar-refractivity contribution in [3.05, 3.63) is 65.2 Å². The van der Waals surface area contributed by atoms with Crippen molar-refractivity contribution >= 4 is 73.2 Å². The third-order valence-electron chi connectivity index (χ3n) is 5.72. The SMILES string of the molecule is O=C(Cc1ccc(CBr)cc1)N[C@@H]1C(=O)N2CC(Sc3ccccc3CBr)(C(=O)O)CS[C@H]12. The van der Waals surface area contributed by atoms with E-state index < -0.39 is 16.8 Å². The lowest BCUT2D eigenvalue weighted by atomic mass is 10.0. The topological polar surface area (TPSA) is 86.7 Å². The minimum Gasteiger partial charge on any atom is -0.480 e. The Bertz CT molecular complexity index is 1070. The van der Waals surface area contributed by atoms with Gasteiger partial charge in [-0.3, -0.25) is 14.4 Å². The van der Waals surface area contributed by atoms with Crippen LogP contribution in [0.2, 0.25) is 0 Å². The number of carbonyl (C=O) groups excluding carboxylic acids is 2. The second-order valence-electron chi connectivity index (χ2n) is 7.98. The number of nitrogens with zero attached hydrogens (tertiary/aromatic N) is 1. The molecule has 0 spiro atoms. The van der Waals surface area contributed by atoms with Crippen LogP contribution in [0, 0.1) is 0 Å². The number of rotatable bonds is 8. The second kappa shape index (κ2) is 10.4. The fourth-order valence-corrected chi connectivity index (χ4v) is 7.87. The summed E-state index contributed by atoms with van der Waals surface area (Å²) in [6, 6.07) is 14.8. The number of carboxylic acid groups (broad SMARTS) is 1. The summed E-state index contributed by atoms with van der Waals surface area (Å²) >= 11 is 9.57.